The van der Waals surface area contributed by atoms with Crippen LogP contribution in [-0.2, 0) is 11.8 Å². The highest BCUT2D eigenvalue weighted by Gasteiger charge is 2.52. The minimum atomic E-state index is -0.527. The molecule has 0 N–H and O–H groups in total. The molecular formula is C18H17FN4O2. The van der Waals surface area contributed by atoms with Crippen LogP contribution in [0.2, 0.25) is 0 Å². The fourth-order valence-electron chi connectivity index (χ4n) is 3.48. The first-order valence-electron chi connectivity index (χ1n) is 8.10. The van der Waals surface area contributed by atoms with E-state index in [-0.39, 0.29) is 17.0 Å². The molecule has 1 saturated carbocycles. The third-order valence-corrected chi connectivity index (χ3v) is 5.01. The molecule has 1 aliphatic carbocycles. The molecular weight excluding hydrogens is 323 g/mol. The van der Waals surface area contributed by atoms with Gasteiger partial charge >= 0.3 is 0 Å². The van der Waals surface area contributed by atoms with E-state index in [1.807, 2.05) is 0 Å². The maximum atomic E-state index is 15.2. The van der Waals surface area contributed by atoms with Crippen LogP contribution in [0.25, 0.3) is 11.3 Å². The van der Waals surface area contributed by atoms with Crippen LogP contribution in [-0.4, -0.2) is 27.8 Å². The van der Waals surface area contributed by atoms with Crippen molar-refractivity contribution in [3.63, 3.8) is 0 Å². The van der Waals surface area contributed by atoms with Crippen molar-refractivity contribution in [1.82, 2.24) is 9.78 Å². The fraction of sp³-hybridized carbons (Fsp3) is 0.389. The lowest BCUT2D eigenvalue weighted by Gasteiger charge is -2.37. The van der Waals surface area contributed by atoms with Gasteiger partial charge < -0.3 is 9.64 Å². The number of aromatic nitrogens is 2. The van der Waals surface area contributed by atoms with Crippen molar-refractivity contribution in [2.24, 2.45) is 7.05 Å². The first-order chi connectivity index (χ1) is 11.9. The number of hydrogen-bond donors (Lipinski definition) is 0. The number of nitriles is 1. The van der Waals surface area contributed by atoms with Crippen LogP contribution in [0, 0.1) is 24.1 Å². The van der Waals surface area contributed by atoms with Gasteiger partial charge in [0.2, 0.25) is 5.91 Å². The first kappa shape index (κ1) is 15.6. The summed E-state index contributed by atoms with van der Waals surface area (Å²) in [5.74, 6) is -0.410. The number of carbonyl (C=O) groups is 1. The van der Waals surface area contributed by atoms with Gasteiger partial charge in [-0.1, -0.05) is 0 Å². The Balaban J connectivity index is 2.06. The predicted octanol–water partition coefficient (Wildman–Crippen LogP) is 2.68. The molecule has 0 unspecified atom stereocenters. The van der Waals surface area contributed by atoms with Crippen LogP contribution in [0.15, 0.2) is 12.3 Å². The second-order valence-electron chi connectivity index (χ2n) is 6.71. The number of benzene rings is 1. The molecule has 2 heterocycles. The Morgan fingerprint density at radius 2 is 2.20 bits per heavy atom. The van der Waals surface area contributed by atoms with Gasteiger partial charge in [0.25, 0.3) is 0 Å². The van der Waals surface area contributed by atoms with Gasteiger partial charge in [-0.15, -0.1) is 0 Å². The molecule has 1 amide bonds. The maximum absolute atomic E-state index is 15.2. The number of halogens is 1. The minimum absolute atomic E-state index is 0.110. The molecule has 6 nitrogen and oxygen atoms in total. The second kappa shape index (κ2) is 5.06. The summed E-state index contributed by atoms with van der Waals surface area (Å²) in [4.78, 5) is 13.7. The number of fused-ring (bicyclic) bond motifs is 1. The summed E-state index contributed by atoms with van der Waals surface area (Å²) in [5.41, 5.74) is 0.992. The van der Waals surface area contributed by atoms with Crippen molar-refractivity contribution in [1.29, 1.82) is 5.26 Å². The molecule has 1 aromatic heterocycles. The van der Waals surface area contributed by atoms with Crippen LogP contribution < -0.4 is 9.64 Å². The van der Waals surface area contributed by atoms with Gasteiger partial charge in [-0.05, 0) is 25.8 Å². The normalized spacial score (nSPS) is 17.0. The van der Waals surface area contributed by atoms with E-state index in [2.05, 4.69) is 11.2 Å². The topological polar surface area (TPSA) is 71.2 Å². The highest BCUT2D eigenvalue weighted by atomic mass is 19.1. The quantitative estimate of drug-likeness (QED) is 0.800. The van der Waals surface area contributed by atoms with Gasteiger partial charge in [0.05, 0.1) is 23.5 Å². The Hall–Kier alpha value is -2.88. The van der Waals surface area contributed by atoms with Gasteiger partial charge in [0.1, 0.15) is 23.1 Å². The van der Waals surface area contributed by atoms with E-state index in [9.17, 15) is 10.1 Å². The summed E-state index contributed by atoms with van der Waals surface area (Å²) in [5, 5.41) is 13.8. The molecule has 0 bridgehead atoms. The Morgan fingerprint density at radius 3 is 2.72 bits per heavy atom. The van der Waals surface area contributed by atoms with Crippen molar-refractivity contribution >= 4 is 11.6 Å². The molecule has 1 spiro atoms. The summed E-state index contributed by atoms with van der Waals surface area (Å²) >= 11 is 0. The van der Waals surface area contributed by atoms with Crippen molar-refractivity contribution in [2.75, 3.05) is 11.4 Å². The number of aryl methyl sites for hydroxylation is 1. The number of hydrogen-bond acceptors (Lipinski definition) is 4. The molecule has 1 aliphatic heterocycles. The average Bonchev–Trinajstić information content (AvgIpc) is 3.18. The second-order valence-corrected chi connectivity index (χ2v) is 6.71. The van der Waals surface area contributed by atoms with Crippen LogP contribution in [0.5, 0.6) is 5.75 Å². The van der Waals surface area contributed by atoms with E-state index in [1.54, 1.807) is 26.2 Å². The van der Waals surface area contributed by atoms with E-state index in [0.717, 1.165) is 12.8 Å². The Morgan fingerprint density at radius 1 is 1.48 bits per heavy atom. The Labute approximate surface area is 144 Å². The molecule has 2 aromatic rings. The molecule has 2 aliphatic rings. The number of amides is 1. The third kappa shape index (κ3) is 2.14. The molecule has 1 fully saturated rings. The highest BCUT2D eigenvalue weighted by molar-refractivity contribution is 5.97. The SMILES string of the molecule is CC(=O)N1CC2(CC2)Oc2c(C#N)c(-c3ccnn3C)c(F)c(C)c21. The number of carbonyl (C=O) groups excluding carboxylic acids is 1. The van der Waals surface area contributed by atoms with Gasteiger partial charge in [-0.2, -0.15) is 10.4 Å². The minimum Gasteiger partial charge on any atom is -0.482 e. The zero-order valence-corrected chi connectivity index (χ0v) is 14.3. The van der Waals surface area contributed by atoms with Gasteiger partial charge in [0.15, 0.2) is 5.75 Å². The third-order valence-electron chi connectivity index (χ3n) is 5.01. The molecule has 0 radical (unpaired) electrons. The van der Waals surface area contributed by atoms with E-state index < -0.39 is 11.4 Å². The maximum Gasteiger partial charge on any atom is 0.224 e. The number of anilines is 1. The van der Waals surface area contributed by atoms with E-state index >= 15 is 4.39 Å². The summed E-state index contributed by atoms with van der Waals surface area (Å²) in [6.45, 7) is 3.45. The van der Waals surface area contributed by atoms with Crippen LogP contribution >= 0.6 is 0 Å². The molecule has 0 atom stereocenters. The Bertz CT molecular complexity index is 953. The zero-order valence-electron chi connectivity index (χ0n) is 14.3. The molecule has 0 saturated heterocycles. The van der Waals surface area contributed by atoms with E-state index in [4.69, 9.17) is 4.74 Å². The van der Waals surface area contributed by atoms with Gasteiger partial charge in [-0.25, -0.2) is 4.39 Å². The fourth-order valence-corrected chi connectivity index (χ4v) is 3.48. The molecule has 128 valence electrons. The predicted molar refractivity (Wildman–Crippen MR) is 88.7 cm³/mol. The number of rotatable bonds is 1. The number of ether oxygens (including phenoxy) is 1. The van der Waals surface area contributed by atoms with Crippen molar-refractivity contribution < 1.29 is 13.9 Å². The molecule has 1 aromatic carbocycles. The lowest BCUT2D eigenvalue weighted by atomic mass is 9.95. The largest absolute Gasteiger partial charge is 0.482 e. The van der Waals surface area contributed by atoms with Crippen LogP contribution in [0.1, 0.15) is 30.9 Å². The summed E-state index contributed by atoms with van der Waals surface area (Å²) < 4.78 is 22.9. The zero-order chi connectivity index (χ0) is 17.9. The summed E-state index contributed by atoms with van der Waals surface area (Å²) in [6, 6.07) is 3.74. The van der Waals surface area contributed by atoms with Gasteiger partial charge in [0, 0.05) is 25.7 Å². The van der Waals surface area contributed by atoms with Crippen molar-refractivity contribution in [3.8, 4) is 23.1 Å². The van der Waals surface area contributed by atoms with Gasteiger partial charge in [-0.3, -0.25) is 9.48 Å². The van der Waals surface area contributed by atoms with Crippen molar-refractivity contribution in [3.05, 3.63) is 29.2 Å². The smallest absolute Gasteiger partial charge is 0.224 e. The Kier molecular flexibility index (Phi) is 3.16. The lowest BCUT2D eigenvalue weighted by molar-refractivity contribution is -0.117. The summed E-state index contributed by atoms with van der Waals surface area (Å²) in [7, 11) is 1.69. The summed E-state index contributed by atoms with van der Waals surface area (Å²) in [6.07, 6.45) is 3.19. The van der Waals surface area contributed by atoms with Crippen LogP contribution in [0.4, 0.5) is 10.1 Å². The molecule has 7 heteroatoms. The standard InChI is InChI=1S/C18H17FN4O2/c1-10-15(19)14(13-4-7-21-22(13)3)12(8-20)17-16(10)23(11(2)24)9-18(25-17)5-6-18/h4,7H,5-6,9H2,1-3H3. The molecule has 25 heavy (non-hydrogen) atoms. The van der Waals surface area contributed by atoms with E-state index in [0.29, 0.717) is 29.2 Å². The van der Waals surface area contributed by atoms with E-state index in [1.165, 1.54) is 16.5 Å². The van der Waals surface area contributed by atoms with Crippen molar-refractivity contribution in [2.45, 2.75) is 32.3 Å². The van der Waals surface area contributed by atoms with Crippen LogP contribution in [0.3, 0.4) is 0 Å². The first-order valence-corrected chi connectivity index (χ1v) is 8.10. The average molecular weight is 340 g/mol. The highest BCUT2D eigenvalue weighted by Crippen LogP contribution is 2.53. The monoisotopic (exact) mass is 340 g/mol. The number of nitrogens with zero attached hydrogens (tertiary/aromatic N) is 4. The lowest BCUT2D eigenvalue weighted by Crippen LogP contribution is -2.45. The molecule has 4 rings (SSSR count).